The third-order valence-corrected chi connectivity index (χ3v) is 3.01. The largest absolute Gasteiger partial charge is 0.496 e. The number of hydrogen-bond donors (Lipinski definition) is 2. The summed E-state index contributed by atoms with van der Waals surface area (Å²) in [7, 11) is 3.49. The molecule has 0 aromatic heterocycles. The minimum absolute atomic E-state index is 0.0610. The fourth-order valence-corrected chi connectivity index (χ4v) is 2.04. The Balaban J connectivity index is 2.36. The second-order valence-corrected chi connectivity index (χ2v) is 4.22. The molecule has 1 amide bonds. The number of likely N-dealkylation sites (N-methyl/N-ethyl adjacent to an activating group) is 1. The zero-order chi connectivity index (χ0) is 13.7. The maximum absolute atomic E-state index is 12.2. The molecule has 0 radical (unpaired) electrons. The van der Waals surface area contributed by atoms with E-state index in [1.165, 1.54) is 0 Å². The fourth-order valence-electron chi connectivity index (χ4n) is 2.04. The van der Waals surface area contributed by atoms with Crippen LogP contribution in [0.25, 0.3) is 10.8 Å². The van der Waals surface area contributed by atoms with E-state index in [1.807, 2.05) is 37.4 Å². The molecule has 4 heteroatoms. The van der Waals surface area contributed by atoms with Gasteiger partial charge in [-0.25, -0.2) is 0 Å². The van der Waals surface area contributed by atoms with Crippen LogP contribution >= 0.6 is 0 Å². The van der Waals surface area contributed by atoms with Crippen molar-refractivity contribution in [3.63, 3.8) is 0 Å². The average molecular weight is 258 g/mol. The number of rotatable bonds is 5. The Morgan fingerprint density at radius 3 is 2.53 bits per heavy atom. The maximum Gasteiger partial charge on any atom is 0.251 e. The van der Waals surface area contributed by atoms with Gasteiger partial charge in [-0.1, -0.05) is 24.3 Å². The van der Waals surface area contributed by atoms with Gasteiger partial charge in [-0.2, -0.15) is 0 Å². The van der Waals surface area contributed by atoms with Gasteiger partial charge in [0, 0.05) is 24.0 Å². The van der Waals surface area contributed by atoms with Crippen molar-refractivity contribution in [3.05, 3.63) is 42.0 Å². The van der Waals surface area contributed by atoms with E-state index in [9.17, 15) is 4.79 Å². The Morgan fingerprint density at radius 1 is 1.11 bits per heavy atom. The molecule has 0 spiro atoms. The van der Waals surface area contributed by atoms with Crippen LogP contribution in [-0.4, -0.2) is 33.2 Å². The summed E-state index contributed by atoms with van der Waals surface area (Å²) in [6.07, 6.45) is 0. The summed E-state index contributed by atoms with van der Waals surface area (Å²) >= 11 is 0. The molecule has 0 heterocycles. The molecule has 2 aromatic rings. The Bertz CT molecular complexity index is 581. The van der Waals surface area contributed by atoms with Crippen LogP contribution in [-0.2, 0) is 0 Å². The van der Waals surface area contributed by atoms with Crippen LogP contribution in [0.3, 0.4) is 0 Å². The molecule has 0 unspecified atom stereocenters. The van der Waals surface area contributed by atoms with Gasteiger partial charge in [0.2, 0.25) is 0 Å². The lowest BCUT2D eigenvalue weighted by molar-refractivity contribution is 0.0956. The van der Waals surface area contributed by atoms with Crippen molar-refractivity contribution in [3.8, 4) is 5.75 Å². The molecular weight excluding hydrogens is 240 g/mol. The van der Waals surface area contributed by atoms with Gasteiger partial charge in [0.25, 0.3) is 5.91 Å². The molecule has 100 valence electrons. The van der Waals surface area contributed by atoms with Gasteiger partial charge >= 0.3 is 0 Å². The molecule has 4 nitrogen and oxygen atoms in total. The zero-order valence-corrected chi connectivity index (χ0v) is 11.2. The molecule has 0 aliphatic carbocycles. The Labute approximate surface area is 112 Å². The highest BCUT2D eigenvalue weighted by Gasteiger charge is 2.11. The van der Waals surface area contributed by atoms with E-state index in [0.717, 1.165) is 23.1 Å². The van der Waals surface area contributed by atoms with E-state index in [0.29, 0.717) is 12.1 Å². The average Bonchev–Trinajstić information content (AvgIpc) is 2.46. The molecule has 2 aromatic carbocycles. The molecule has 0 fully saturated rings. The highest BCUT2D eigenvalue weighted by atomic mass is 16.5. The fraction of sp³-hybridized carbons (Fsp3) is 0.267. The van der Waals surface area contributed by atoms with Gasteiger partial charge in [0.15, 0.2) is 0 Å². The van der Waals surface area contributed by atoms with Gasteiger partial charge in [-0.3, -0.25) is 4.79 Å². The molecular formula is C15H18N2O2. The molecule has 19 heavy (non-hydrogen) atoms. The molecule has 0 saturated carbocycles. The standard InChI is InChI=1S/C15H18N2O2/c1-16-9-10-17-15(18)13-7-8-14(19-2)12-6-4-3-5-11(12)13/h3-8,16H,9-10H2,1-2H3,(H,17,18). The van der Waals surface area contributed by atoms with Gasteiger partial charge in [-0.05, 0) is 24.6 Å². The van der Waals surface area contributed by atoms with Crippen LogP contribution in [0, 0.1) is 0 Å². The number of carbonyl (C=O) groups is 1. The number of nitrogens with one attached hydrogen (secondary N) is 2. The van der Waals surface area contributed by atoms with E-state index in [-0.39, 0.29) is 5.91 Å². The summed E-state index contributed by atoms with van der Waals surface area (Å²) in [6, 6.07) is 11.4. The van der Waals surface area contributed by atoms with E-state index in [1.54, 1.807) is 13.2 Å². The van der Waals surface area contributed by atoms with E-state index < -0.39 is 0 Å². The summed E-state index contributed by atoms with van der Waals surface area (Å²) in [5.74, 6) is 0.719. The van der Waals surface area contributed by atoms with Crippen LogP contribution in [0.2, 0.25) is 0 Å². The lowest BCUT2D eigenvalue weighted by Crippen LogP contribution is -2.30. The summed E-state index contributed by atoms with van der Waals surface area (Å²) in [6.45, 7) is 1.36. The van der Waals surface area contributed by atoms with Crippen molar-refractivity contribution >= 4 is 16.7 Å². The van der Waals surface area contributed by atoms with E-state index >= 15 is 0 Å². The number of ether oxygens (including phenoxy) is 1. The third kappa shape index (κ3) is 2.85. The van der Waals surface area contributed by atoms with Crippen molar-refractivity contribution < 1.29 is 9.53 Å². The number of fused-ring (bicyclic) bond motifs is 1. The third-order valence-electron chi connectivity index (χ3n) is 3.01. The quantitative estimate of drug-likeness (QED) is 0.804. The van der Waals surface area contributed by atoms with E-state index in [2.05, 4.69) is 10.6 Å². The first-order valence-corrected chi connectivity index (χ1v) is 6.26. The SMILES string of the molecule is CNCCNC(=O)c1ccc(OC)c2ccccc12. The number of methoxy groups -OCH3 is 1. The van der Waals surface area contributed by atoms with Crippen molar-refractivity contribution in [1.82, 2.24) is 10.6 Å². The topological polar surface area (TPSA) is 50.4 Å². The monoisotopic (exact) mass is 258 g/mol. The molecule has 0 bridgehead atoms. The van der Waals surface area contributed by atoms with Crippen LogP contribution in [0.1, 0.15) is 10.4 Å². The molecule has 0 atom stereocenters. The minimum atomic E-state index is -0.0610. The Morgan fingerprint density at radius 2 is 1.84 bits per heavy atom. The minimum Gasteiger partial charge on any atom is -0.496 e. The van der Waals surface area contributed by atoms with Crippen molar-refractivity contribution in [1.29, 1.82) is 0 Å². The Kier molecular flexibility index (Phi) is 4.36. The Hall–Kier alpha value is -2.07. The predicted octanol–water partition coefficient (Wildman–Crippen LogP) is 1.80. The first kappa shape index (κ1) is 13.4. The number of carbonyl (C=O) groups excluding carboxylic acids is 1. The number of benzene rings is 2. The van der Waals surface area contributed by atoms with Crippen molar-refractivity contribution in [2.45, 2.75) is 0 Å². The lowest BCUT2D eigenvalue weighted by Gasteiger charge is -2.10. The van der Waals surface area contributed by atoms with Crippen LogP contribution in [0.15, 0.2) is 36.4 Å². The second-order valence-electron chi connectivity index (χ2n) is 4.22. The summed E-state index contributed by atoms with van der Waals surface area (Å²) < 4.78 is 5.32. The summed E-state index contributed by atoms with van der Waals surface area (Å²) in [5, 5.41) is 7.74. The first-order chi connectivity index (χ1) is 9.27. The predicted molar refractivity (Wildman–Crippen MR) is 76.8 cm³/mol. The molecule has 0 aliphatic heterocycles. The van der Waals surface area contributed by atoms with Crippen LogP contribution < -0.4 is 15.4 Å². The second kappa shape index (κ2) is 6.20. The lowest BCUT2D eigenvalue weighted by atomic mass is 10.0. The van der Waals surface area contributed by atoms with Crippen molar-refractivity contribution in [2.75, 3.05) is 27.2 Å². The molecule has 0 saturated heterocycles. The molecule has 2 rings (SSSR count). The summed E-state index contributed by atoms with van der Waals surface area (Å²) in [5.41, 5.74) is 0.674. The van der Waals surface area contributed by atoms with Crippen molar-refractivity contribution in [2.24, 2.45) is 0 Å². The van der Waals surface area contributed by atoms with E-state index in [4.69, 9.17) is 4.74 Å². The summed E-state index contributed by atoms with van der Waals surface area (Å²) in [4.78, 5) is 12.2. The molecule has 0 aliphatic rings. The van der Waals surface area contributed by atoms with Crippen LogP contribution in [0.5, 0.6) is 5.75 Å². The maximum atomic E-state index is 12.2. The van der Waals surface area contributed by atoms with Gasteiger partial charge in [0.1, 0.15) is 5.75 Å². The number of amides is 1. The highest BCUT2D eigenvalue weighted by Crippen LogP contribution is 2.28. The molecule has 2 N–H and O–H groups in total. The highest BCUT2D eigenvalue weighted by molar-refractivity contribution is 6.08. The normalized spacial score (nSPS) is 10.4. The number of hydrogen-bond acceptors (Lipinski definition) is 3. The van der Waals surface area contributed by atoms with Gasteiger partial charge in [-0.15, -0.1) is 0 Å². The first-order valence-electron chi connectivity index (χ1n) is 6.26. The van der Waals surface area contributed by atoms with Gasteiger partial charge < -0.3 is 15.4 Å². The zero-order valence-electron chi connectivity index (χ0n) is 11.2. The smallest absolute Gasteiger partial charge is 0.251 e. The van der Waals surface area contributed by atoms with Gasteiger partial charge in [0.05, 0.1) is 7.11 Å². The van der Waals surface area contributed by atoms with Crippen LogP contribution in [0.4, 0.5) is 0 Å².